The van der Waals surface area contributed by atoms with Crippen LogP contribution in [0.15, 0.2) is 24.3 Å². The van der Waals surface area contributed by atoms with E-state index in [1.807, 2.05) is 24.3 Å². The molecule has 66 valence electrons. The predicted molar refractivity (Wildman–Crippen MR) is 49.0 cm³/mol. The van der Waals surface area contributed by atoms with Crippen LogP contribution in [0.4, 0.5) is 0 Å². The van der Waals surface area contributed by atoms with Gasteiger partial charge in [0.25, 0.3) is 0 Å². The highest BCUT2D eigenvalue weighted by Gasteiger charge is 2.31. The summed E-state index contributed by atoms with van der Waals surface area (Å²) < 4.78 is 0. The second-order valence-corrected chi connectivity index (χ2v) is 3.59. The van der Waals surface area contributed by atoms with Gasteiger partial charge in [0.2, 0.25) is 0 Å². The Morgan fingerprint density at radius 2 is 2.00 bits per heavy atom. The van der Waals surface area contributed by atoms with Crippen molar-refractivity contribution in [1.82, 2.24) is 0 Å². The van der Waals surface area contributed by atoms with Crippen LogP contribution < -0.4 is 0 Å². The van der Waals surface area contributed by atoms with Crippen molar-refractivity contribution in [1.29, 1.82) is 5.26 Å². The molecule has 2 rings (SSSR count). The lowest BCUT2D eigenvalue weighted by molar-refractivity contribution is 0.0840. The molecule has 1 N–H and O–H groups in total. The third-order valence-electron chi connectivity index (χ3n) is 2.62. The van der Waals surface area contributed by atoms with E-state index in [2.05, 4.69) is 6.07 Å². The van der Waals surface area contributed by atoms with Crippen LogP contribution in [0.1, 0.15) is 17.5 Å². The lowest BCUT2D eigenvalue weighted by Crippen LogP contribution is -2.33. The van der Waals surface area contributed by atoms with Crippen LogP contribution in [-0.4, -0.2) is 10.7 Å². The van der Waals surface area contributed by atoms with Gasteiger partial charge in [-0.25, -0.2) is 0 Å². The molecule has 1 unspecified atom stereocenters. The minimum atomic E-state index is -1.13. The first-order chi connectivity index (χ1) is 6.23. The first kappa shape index (κ1) is 8.28. The second kappa shape index (κ2) is 2.86. The van der Waals surface area contributed by atoms with E-state index in [0.717, 1.165) is 12.0 Å². The van der Waals surface area contributed by atoms with Crippen molar-refractivity contribution in [3.63, 3.8) is 0 Å². The van der Waals surface area contributed by atoms with E-state index in [-0.39, 0.29) is 0 Å². The summed E-state index contributed by atoms with van der Waals surface area (Å²) in [5.41, 5.74) is 1.24. The van der Waals surface area contributed by atoms with Gasteiger partial charge in [0, 0.05) is 6.42 Å². The summed E-state index contributed by atoms with van der Waals surface area (Å²) >= 11 is 0. The highest BCUT2D eigenvalue weighted by Crippen LogP contribution is 2.27. The van der Waals surface area contributed by atoms with Crippen LogP contribution in [-0.2, 0) is 12.8 Å². The van der Waals surface area contributed by atoms with Crippen molar-refractivity contribution in [2.75, 3.05) is 0 Å². The molecule has 0 aromatic heterocycles. The van der Waals surface area contributed by atoms with Crippen LogP contribution in [0.3, 0.4) is 0 Å². The molecular formula is C11H11NO. The number of hydrogen-bond acceptors (Lipinski definition) is 2. The van der Waals surface area contributed by atoms with Crippen molar-refractivity contribution >= 4 is 0 Å². The summed E-state index contributed by atoms with van der Waals surface area (Å²) in [5.74, 6) is 0. The lowest BCUT2D eigenvalue weighted by Gasteiger charge is -2.26. The van der Waals surface area contributed by atoms with E-state index in [1.165, 1.54) is 5.56 Å². The normalized spacial score (nSPS) is 26.2. The quantitative estimate of drug-likeness (QED) is 0.603. The standard InChI is InChI=1S/C11H11NO/c12-8-11(13)6-5-9-3-1-2-4-10(9)7-11/h1-4,13H,5-7H2. The Labute approximate surface area is 77.4 Å². The molecule has 0 saturated carbocycles. The molecule has 0 saturated heterocycles. The van der Waals surface area contributed by atoms with Gasteiger partial charge in [0.1, 0.15) is 0 Å². The Morgan fingerprint density at radius 1 is 1.31 bits per heavy atom. The van der Waals surface area contributed by atoms with Crippen molar-refractivity contribution in [3.05, 3.63) is 35.4 Å². The van der Waals surface area contributed by atoms with E-state index in [4.69, 9.17) is 5.26 Å². The molecular weight excluding hydrogens is 162 g/mol. The minimum absolute atomic E-state index is 0.472. The van der Waals surface area contributed by atoms with Gasteiger partial charge in [-0.05, 0) is 24.0 Å². The number of nitriles is 1. The Kier molecular flexibility index (Phi) is 1.82. The Bertz CT molecular complexity index is 367. The SMILES string of the molecule is N#CC1(O)CCc2ccccc2C1. The molecule has 0 aliphatic heterocycles. The largest absolute Gasteiger partial charge is 0.375 e. The van der Waals surface area contributed by atoms with Crippen molar-refractivity contribution in [2.45, 2.75) is 24.9 Å². The van der Waals surface area contributed by atoms with Crippen LogP contribution in [0.25, 0.3) is 0 Å². The fourth-order valence-corrected chi connectivity index (χ4v) is 1.81. The third kappa shape index (κ3) is 1.43. The number of hydrogen-bond donors (Lipinski definition) is 1. The minimum Gasteiger partial charge on any atom is -0.375 e. The number of nitrogens with zero attached hydrogens (tertiary/aromatic N) is 1. The topological polar surface area (TPSA) is 44.0 Å². The Hall–Kier alpha value is -1.33. The maximum atomic E-state index is 9.77. The molecule has 0 heterocycles. The number of aryl methyl sites for hydroxylation is 1. The molecule has 0 bridgehead atoms. The Morgan fingerprint density at radius 3 is 2.69 bits per heavy atom. The van der Waals surface area contributed by atoms with Crippen molar-refractivity contribution in [3.8, 4) is 6.07 Å². The molecule has 0 radical (unpaired) electrons. The average molecular weight is 173 g/mol. The molecule has 0 amide bonds. The molecule has 1 aliphatic carbocycles. The monoisotopic (exact) mass is 173 g/mol. The molecule has 1 atom stereocenters. The van der Waals surface area contributed by atoms with E-state index in [1.54, 1.807) is 0 Å². The summed E-state index contributed by atoms with van der Waals surface area (Å²) in [6.45, 7) is 0. The van der Waals surface area contributed by atoms with E-state index in [9.17, 15) is 5.11 Å². The van der Waals surface area contributed by atoms with Crippen molar-refractivity contribution < 1.29 is 5.11 Å². The van der Waals surface area contributed by atoms with Crippen LogP contribution in [0.2, 0.25) is 0 Å². The first-order valence-electron chi connectivity index (χ1n) is 4.44. The fourth-order valence-electron chi connectivity index (χ4n) is 1.81. The van der Waals surface area contributed by atoms with E-state index in [0.29, 0.717) is 12.8 Å². The highest BCUT2D eigenvalue weighted by molar-refractivity contribution is 5.33. The van der Waals surface area contributed by atoms with Gasteiger partial charge in [-0.1, -0.05) is 24.3 Å². The molecule has 0 spiro atoms. The second-order valence-electron chi connectivity index (χ2n) is 3.59. The molecule has 13 heavy (non-hydrogen) atoms. The number of fused-ring (bicyclic) bond motifs is 1. The molecule has 1 aliphatic rings. The zero-order valence-electron chi connectivity index (χ0n) is 7.33. The van der Waals surface area contributed by atoms with Crippen LogP contribution in [0.5, 0.6) is 0 Å². The van der Waals surface area contributed by atoms with Gasteiger partial charge in [0.15, 0.2) is 5.60 Å². The summed E-state index contributed by atoms with van der Waals surface area (Å²) in [6.07, 6.45) is 1.83. The molecule has 1 aromatic rings. The molecule has 1 aromatic carbocycles. The molecule has 2 nitrogen and oxygen atoms in total. The summed E-state index contributed by atoms with van der Waals surface area (Å²) in [5, 5.41) is 18.5. The molecule has 0 fully saturated rings. The predicted octanol–water partition coefficient (Wildman–Crippen LogP) is 1.43. The Balaban J connectivity index is 2.36. The maximum Gasteiger partial charge on any atom is 0.155 e. The van der Waals surface area contributed by atoms with Crippen LogP contribution >= 0.6 is 0 Å². The third-order valence-corrected chi connectivity index (χ3v) is 2.62. The number of aliphatic hydroxyl groups is 1. The van der Waals surface area contributed by atoms with Crippen molar-refractivity contribution in [2.24, 2.45) is 0 Å². The summed E-state index contributed by atoms with van der Waals surface area (Å²) in [7, 11) is 0. The van der Waals surface area contributed by atoms with Gasteiger partial charge >= 0.3 is 0 Å². The van der Waals surface area contributed by atoms with E-state index < -0.39 is 5.60 Å². The first-order valence-corrected chi connectivity index (χ1v) is 4.44. The van der Waals surface area contributed by atoms with Gasteiger partial charge in [-0.15, -0.1) is 0 Å². The average Bonchev–Trinajstić information content (AvgIpc) is 2.18. The summed E-state index contributed by atoms with van der Waals surface area (Å²) in [6, 6.07) is 9.96. The zero-order chi connectivity index (χ0) is 9.31. The van der Waals surface area contributed by atoms with Crippen LogP contribution in [0, 0.1) is 11.3 Å². The van der Waals surface area contributed by atoms with Gasteiger partial charge in [0.05, 0.1) is 6.07 Å². The zero-order valence-corrected chi connectivity index (χ0v) is 7.33. The van der Waals surface area contributed by atoms with Gasteiger partial charge < -0.3 is 5.11 Å². The molecule has 2 heteroatoms. The number of rotatable bonds is 0. The summed E-state index contributed by atoms with van der Waals surface area (Å²) in [4.78, 5) is 0. The number of benzene rings is 1. The van der Waals surface area contributed by atoms with E-state index >= 15 is 0 Å². The van der Waals surface area contributed by atoms with Gasteiger partial charge in [-0.3, -0.25) is 0 Å². The fraction of sp³-hybridized carbons (Fsp3) is 0.364. The lowest BCUT2D eigenvalue weighted by atomic mass is 9.81. The van der Waals surface area contributed by atoms with Gasteiger partial charge in [-0.2, -0.15) is 5.26 Å². The maximum absolute atomic E-state index is 9.77. The smallest absolute Gasteiger partial charge is 0.155 e. The highest BCUT2D eigenvalue weighted by atomic mass is 16.3.